The lowest BCUT2D eigenvalue weighted by Gasteiger charge is -2.24. The molecule has 1 aliphatic heterocycles. The van der Waals surface area contributed by atoms with Crippen molar-refractivity contribution < 1.29 is 17.5 Å². The van der Waals surface area contributed by atoms with Gasteiger partial charge in [0.25, 0.3) is 0 Å². The smallest absolute Gasteiger partial charge is 0.243 e. The third-order valence-electron chi connectivity index (χ3n) is 4.02. The summed E-state index contributed by atoms with van der Waals surface area (Å²) >= 11 is 0. The molecule has 0 N–H and O–H groups in total. The van der Waals surface area contributed by atoms with Gasteiger partial charge >= 0.3 is 0 Å². The number of pyridine rings is 1. The van der Waals surface area contributed by atoms with Gasteiger partial charge in [0.2, 0.25) is 10.0 Å². The van der Waals surface area contributed by atoms with Crippen LogP contribution in [0.2, 0.25) is 0 Å². The lowest BCUT2D eigenvalue weighted by Crippen LogP contribution is -2.30. The number of ether oxygens (including phenoxy) is 1. The van der Waals surface area contributed by atoms with Gasteiger partial charge in [-0.2, -0.15) is 4.31 Å². The van der Waals surface area contributed by atoms with E-state index in [9.17, 15) is 12.8 Å². The number of benzene rings is 1. The minimum absolute atomic E-state index is 0.0241. The predicted octanol–water partition coefficient (Wildman–Crippen LogP) is 2.76. The summed E-state index contributed by atoms with van der Waals surface area (Å²) in [7, 11) is -2.43. The Labute approximate surface area is 134 Å². The van der Waals surface area contributed by atoms with Gasteiger partial charge in [-0.05, 0) is 48.7 Å². The van der Waals surface area contributed by atoms with Crippen molar-refractivity contribution in [3.8, 4) is 5.75 Å². The maximum absolute atomic E-state index is 13.9. The maximum atomic E-state index is 13.9. The number of halogens is 1. The molecule has 1 aromatic carbocycles. The van der Waals surface area contributed by atoms with Crippen molar-refractivity contribution in [1.82, 2.24) is 9.29 Å². The van der Waals surface area contributed by atoms with Crippen LogP contribution in [0.3, 0.4) is 0 Å². The van der Waals surface area contributed by atoms with Crippen LogP contribution in [0.1, 0.15) is 24.4 Å². The standard InChI is InChI=1S/C16H17FN2O3S/c1-22-16-5-4-13(11-14(16)17)23(20,21)19-10-2-3-15(19)12-6-8-18-9-7-12/h4-9,11,15H,2-3,10H2,1H3/t15-/m0/s1. The van der Waals surface area contributed by atoms with E-state index in [1.807, 2.05) is 12.1 Å². The van der Waals surface area contributed by atoms with Crippen LogP contribution in [0.25, 0.3) is 0 Å². The topological polar surface area (TPSA) is 59.5 Å². The van der Waals surface area contributed by atoms with E-state index in [0.29, 0.717) is 6.54 Å². The first kappa shape index (κ1) is 15.9. The van der Waals surface area contributed by atoms with Crippen LogP contribution >= 0.6 is 0 Å². The molecule has 0 spiro atoms. The number of hydrogen-bond acceptors (Lipinski definition) is 4. The van der Waals surface area contributed by atoms with Gasteiger partial charge < -0.3 is 4.74 Å². The van der Waals surface area contributed by atoms with Crippen molar-refractivity contribution in [1.29, 1.82) is 0 Å². The molecule has 5 nitrogen and oxygen atoms in total. The Kier molecular flexibility index (Phi) is 4.32. The molecule has 0 bridgehead atoms. The van der Waals surface area contributed by atoms with E-state index < -0.39 is 15.8 Å². The van der Waals surface area contributed by atoms with Crippen LogP contribution in [0.4, 0.5) is 4.39 Å². The molecule has 0 aliphatic carbocycles. The zero-order chi connectivity index (χ0) is 16.4. The Morgan fingerprint density at radius 1 is 1.26 bits per heavy atom. The van der Waals surface area contributed by atoms with E-state index in [2.05, 4.69) is 4.98 Å². The van der Waals surface area contributed by atoms with Crippen molar-refractivity contribution in [2.24, 2.45) is 0 Å². The molecule has 7 heteroatoms. The van der Waals surface area contributed by atoms with Crippen LogP contribution in [0, 0.1) is 5.82 Å². The first-order chi connectivity index (χ1) is 11.0. The largest absolute Gasteiger partial charge is 0.494 e. The fraction of sp³-hybridized carbons (Fsp3) is 0.312. The van der Waals surface area contributed by atoms with E-state index in [1.165, 1.54) is 23.5 Å². The summed E-state index contributed by atoms with van der Waals surface area (Å²) in [6, 6.07) is 7.10. The van der Waals surface area contributed by atoms with Crippen molar-refractivity contribution >= 4 is 10.0 Å². The SMILES string of the molecule is COc1ccc(S(=O)(=O)N2CCC[C@H]2c2ccncc2)cc1F. The number of rotatable bonds is 4. The molecular formula is C16H17FN2O3S. The molecule has 3 rings (SSSR count). The van der Waals surface area contributed by atoms with Gasteiger partial charge in [0, 0.05) is 18.9 Å². The highest BCUT2D eigenvalue weighted by molar-refractivity contribution is 7.89. The monoisotopic (exact) mass is 336 g/mol. The van der Waals surface area contributed by atoms with Crippen molar-refractivity contribution in [3.63, 3.8) is 0 Å². The number of sulfonamides is 1. The molecule has 1 atom stereocenters. The van der Waals surface area contributed by atoms with Gasteiger partial charge in [-0.15, -0.1) is 0 Å². The van der Waals surface area contributed by atoms with Crippen LogP contribution in [-0.2, 0) is 10.0 Å². The summed E-state index contributed by atoms with van der Waals surface area (Å²) in [5.41, 5.74) is 0.898. The second-order valence-electron chi connectivity index (χ2n) is 5.35. The van der Waals surface area contributed by atoms with E-state index in [-0.39, 0.29) is 16.7 Å². The zero-order valence-corrected chi connectivity index (χ0v) is 13.5. The lowest BCUT2D eigenvalue weighted by molar-refractivity contribution is 0.383. The summed E-state index contributed by atoms with van der Waals surface area (Å²) in [6.45, 7) is 0.420. The second kappa shape index (κ2) is 6.25. The summed E-state index contributed by atoms with van der Waals surface area (Å²) in [5.74, 6) is -0.663. The molecular weight excluding hydrogens is 319 g/mol. The molecule has 1 saturated heterocycles. The third kappa shape index (κ3) is 2.94. The number of hydrogen-bond donors (Lipinski definition) is 0. The van der Waals surface area contributed by atoms with Gasteiger partial charge in [0.1, 0.15) is 0 Å². The molecule has 0 amide bonds. The molecule has 0 unspecified atom stereocenters. The summed E-state index contributed by atoms with van der Waals surface area (Å²) in [4.78, 5) is 3.90. The quantitative estimate of drug-likeness (QED) is 0.861. The third-order valence-corrected chi connectivity index (χ3v) is 5.93. The fourth-order valence-electron chi connectivity index (χ4n) is 2.89. The van der Waals surface area contributed by atoms with E-state index >= 15 is 0 Å². The van der Waals surface area contributed by atoms with E-state index in [1.54, 1.807) is 12.4 Å². The lowest BCUT2D eigenvalue weighted by atomic mass is 10.1. The normalized spacial score (nSPS) is 19.0. The molecule has 1 fully saturated rings. The highest BCUT2D eigenvalue weighted by Crippen LogP contribution is 2.36. The van der Waals surface area contributed by atoms with E-state index in [0.717, 1.165) is 24.5 Å². The molecule has 1 aliphatic rings. The first-order valence-electron chi connectivity index (χ1n) is 7.29. The maximum Gasteiger partial charge on any atom is 0.243 e. The van der Waals surface area contributed by atoms with Gasteiger partial charge in [0.05, 0.1) is 18.0 Å². The van der Waals surface area contributed by atoms with Crippen LogP contribution < -0.4 is 4.74 Å². The minimum atomic E-state index is -3.77. The Morgan fingerprint density at radius 3 is 2.65 bits per heavy atom. The van der Waals surface area contributed by atoms with Crippen molar-refractivity contribution in [2.75, 3.05) is 13.7 Å². The molecule has 2 aromatic rings. The van der Waals surface area contributed by atoms with Crippen LogP contribution in [-0.4, -0.2) is 31.4 Å². The fourth-order valence-corrected chi connectivity index (χ4v) is 4.58. The van der Waals surface area contributed by atoms with Gasteiger partial charge in [-0.1, -0.05) is 0 Å². The molecule has 23 heavy (non-hydrogen) atoms. The van der Waals surface area contributed by atoms with Crippen LogP contribution in [0.15, 0.2) is 47.6 Å². The summed E-state index contributed by atoms with van der Waals surface area (Å²) in [5, 5.41) is 0. The second-order valence-corrected chi connectivity index (χ2v) is 7.24. The number of methoxy groups -OCH3 is 1. The van der Waals surface area contributed by atoms with Crippen molar-refractivity contribution in [3.05, 3.63) is 54.1 Å². The van der Waals surface area contributed by atoms with E-state index in [4.69, 9.17) is 4.74 Å². The number of aromatic nitrogens is 1. The molecule has 0 radical (unpaired) electrons. The Morgan fingerprint density at radius 2 is 2.00 bits per heavy atom. The summed E-state index contributed by atoms with van der Waals surface area (Å²) < 4.78 is 45.9. The highest BCUT2D eigenvalue weighted by Gasteiger charge is 2.36. The minimum Gasteiger partial charge on any atom is -0.494 e. The predicted molar refractivity (Wildman–Crippen MR) is 83.1 cm³/mol. The van der Waals surface area contributed by atoms with Gasteiger partial charge in [-0.3, -0.25) is 4.98 Å². The highest BCUT2D eigenvalue weighted by atomic mass is 32.2. The average Bonchev–Trinajstić information content (AvgIpc) is 3.06. The molecule has 2 heterocycles. The molecule has 1 aromatic heterocycles. The van der Waals surface area contributed by atoms with Gasteiger partial charge in [-0.25, -0.2) is 12.8 Å². The summed E-state index contributed by atoms with van der Waals surface area (Å²) in [6.07, 6.45) is 4.80. The molecule has 0 saturated carbocycles. The Balaban J connectivity index is 1.97. The Bertz CT molecular complexity index is 796. The Hall–Kier alpha value is -1.99. The van der Waals surface area contributed by atoms with Crippen molar-refractivity contribution in [2.45, 2.75) is 23.8 Å². The zero-order valence-electron chi connectivity index (χ0n) is 12.6. The number of nitrogens with zero attached hydrogens (tertiary/aromatic N) is 2. The first-order valence-corrected chi connectivity index (χ1v) is 8.73. The van der Waals surface area contributed by atoms with Crippen LogP contribution in [0.5, 0.6) is 5.75 Å². The molecule has 122 valence electrons. The average molecular weight is 336 g/mol. The van der Waals surface area contributed by atoms with Gasteiger partial charge in [0.15, 0.2) is 11.6 Å².